The van der Waals surface area contributed by atoms with Gasteiger partial charge in [-0.25, -0.2) is 0 Å². The van der Waals surface area contributed by atoms with E-state index in [9.17, 15) is 4.79 Å². The molecule has 146 valence electrons. The fraction of sp³-hybridized carbons (Fsp3) is 0.0455. The lowest BCUT2D eigenvalue weighted by atomic mass is 10.1. The number of hydrogen-bond acceptors (Lipinski definition) is 3. The van der Waals surface area contributed by atoms with E-state index in [2.05, 4.69) is 0 Å². The number of allylic oxidation sites excluding steroid dienone is 1. The van der Waals surface area contributed by atoms with Gasteiger partial charge < -0.3 is 9.47 Å². The number of ketones is 1. The molecule has 0 radical (unpaired) electrons. The molecule has 29 heavy (non-hydrogen) atoms. The van der Waals surface area contributed by atoms with Gasteiger partial charge in [-0.05, 0) is 48.0 Å². The molecule has 0 atom stereocenters. The number of rotatable bonds is 4. The van der Waals surface area contributed by atoms with Crippen molar-refractivity contribution in [2.75, 3.05) is 0 Å². The highest BCUT2D eigenvalue weighted by Crippen LogP contribution is 2.36. The van der Waals surface area contributed by atoms with E-state index in [0.717, 1.165) is 5.56 Å². The summed E-state index contributed by atoms with van der Waals surface area (Å²) in [6.07, 6.45) is 1.62. The molecule has 0 spiro atoms. The second kappa shape index (κ2) is 8.29. The summed E-state index contributed by atoms with van der Waals surface area (Å²) in [4.78, 5) is 12.6. The second-order valence-corrected chi connectivity index (χ2v) is 7.95. The Hall–Kier alpha value is -2.17. The minimum absolute atomic E-state index is 0.205. The second-order valence-electron chi connectivity index (χ2n) is 6.30. The van der Waals surface area contributed by atoms with Crippen LogP contribution in [0, 0.1) is 0 Å². The number of carbonyl (C=O) groups is 1. The smallest absolute Gasteiger partial charge is 0.231 e. The summed E-state index contributed by atoms with van der Waals surface area (Å²) in [6.45, 7) is 0.259. The third-order valence-electron chi connectivity index (χ3n) is 4.29. The summed E-state index contributed by atoms with van der Waals surface area (Å²) in [5.41, 5.74) is 1.98. The molecule has 3 aromatic carbocycles. The van der Waals surface area contributed by atoms with Crippen molar-refractivity contribution in [2.45, 2.75) is 6.61 Å². The Morgan fingerprint density at radius 3 is 2.45 bits per heavy atom. The van der Waals surface area contributed by atoms with Crippen molar-refractivity contribution in [2.24, 2.45) is 0 Å². The zero-order chi connectivity index (χ0) is 20.5. The number of halogens is 4. The van der Waals surface area contributed by atoms with E-state index < -0.39 is 0 Å². The van der Waals surface area contributed by atoms with Gasteiger partial charge in [0.15, 0.2) is 5.76 Å². The lowest BCUT2D eigenvalue weighted by Gasteiger charge is -2.09. The first-order valence-corrected chi connectivity index (χ1v) is 10.0. The Balaban J connectivity index is 1.52. The third-order valence-corrected chi connectivity index (χ3v) is 5.62. The predicted octanol–water partition coefficient (Wildman–Crippen LogP) is 7.50. The number of ether oxygens (including phenoxy) is 2. The van der Waals surface area contributed by atoms with Gasteiger partial charge in [0.05, 0.1) is 15.6 Å². The fourth-order valence-corrected chi connectivity index (χ4v) is 3.58. The molecule has 0 aliphatic carbocycles. The summed E-state index contributed by atoms with van der Waals surface area (Å²) >= 11 is 24.0. The van der Waals surface area contributed by atoms with Crippen molar-refractivity contribution in [3.8, 4) is 11.5 Å². The summed E-state index contributed by atoms with van der Waals surface area (Å²) in [5.74, 6) is 0.981. The van der Waals surface area contributed by atoms with Crippen molar-refractivity contribution < 1.29 is 14.3 Å². The minimum Gasteiger partial charge on any atom is -0.489 e. The normalized spacial score (nSPS) is 14.1. The average molecular weight is 466 g/mol. The molecule has 0 amide bonds. The molecule has 0 bridgehead atoms. The Bertz CT molecular complexity index is 1150. The average Bonchev–Trinajstić information content (AvgIpc) is 2.99. The maximum absolute atomic E-state index is 12.6. The van der Waals surface area contributed by atoms with Crippen molar-refractivity contribution in [1.29, 1.82) is 0 Å². The number of hydrogen-bond donors (Lipinski definition) is 0. The van der Waals surface area contributed by atoms with E-state index in [4.69, 9.17) is 55.9 Å². The van der Waals surface area contributed by atoms with Crippen LogP contribution in [-0.4, -0.2) is 5.78 Å². The van der Waals surface area contributed by atoms with E-state index in [1.165, 1.54) is 0 Å². The highest BCUT2D eigenvalue weighted by Gasteiger charge is 2.27. The molecule has 1 aliphatic heterocycles. The summed E-state index contributed by atoms with van der Waals surface area (Å²) in [5, 5.41) is 1.93. The highest BCUT2D eigenvalue weighted by atomic mass is 35.5. The van der Waals surface area contributed by atoms with Gasteiger partial charge in [-0.2, -0.15) is 0 Å². The Labute approximate surface area is 187 Å². The van der Waals surface area contributed by atoms with Crippen LogP contribution in [0.4, 0.5) is 0 Å². The first-order chi connectivity index (χ1) is 13.9. The van der Waals surface area contributed by atoms with Crippen molar-refractivity contribution in [1.82, 2.24) is 0 Å². The fourth-order valence-electron chi connectivity index (χ4n) is 2.81. The van der Waals surface area contributed by atoms with Gasteiger partial charge in [-0.3, -0.25) is 4.79 Å². The van der Waals surface area contributed by atoms with Crippen LogP contribution in [0.15, 0.2) is 60.4 Å². The monoisotopic (exact) mass is 464 g/mol. The molecule has 0 fully saturated rings. The predicted molar refractivity (Wildman–Crippen MR) is 117 cm³/mol. The molecule has 0 unspecified atom stereocenters. The molecule has 3 aromatic rings. The lowest BCUT2D eigenvalue weighted by molar-refractivity contribution is 0.101. The Morgan fingerprint density at radius 1 is 0.862 bits per heavy atom. The largest absolute Gasteiger partial charge is 0.489 e. The van der Waals surface area contributed by atoms with E-state index in [1.807, 2.05) is 0 Å². The summed E-state index contributed by atoms with van der Waals surface area (Å²) in [7, 11) is 0. The topological polar surface area (TPSA) is 35.5 Å². The molecule has 4 rings (SSSR count). The van der Waals surface area contributed by atoms with Crippen LogP contribution in [0.5, 0.6) is 11.5 Å². The molecule has 0 saturated heterocycles. The van der Waals surface area contributed by atoms with Crippen LogP contribution >= 0.6 is 46.4 Å². The van der Waals surface area contributed by atoms with Gasteiger partial charge in [-0.15, -0.1) is 0 Å². The zero-order valence-corrected chi connectivity index (χ0v) is 17.7. The van der Waals surface area contributed by atoms with E-state index >= 15 is 0 Å². The Kier molecular flexibility index (Phi) is 5.75. The number of carbonyl (C=O) groups excluding carboxylic acids is 1. The molecule has 1 heterocycles. The maximum Gasteiger partial charge on any atom is 0.231 e. The molecule has 1 aliphatic rings. The van der Waals surface area contributed by atoms with Crippen molar-refractivity contribution in [3.05, 3.63) is 97.1 Å². The molecule has 0 aromatic heterocycles. The van der Waals surface area contributed by atoms with E-state index in [0.29, 0.717) is 42.7 Å². The summed E-state index contributed by atoms with van der Waals surface area (Å²) in [6, 6.07) is 15.4. The quantitative estimate of drug-likeness (QED) is 0.374. The van der Waals surface area contributed by atoms with Gasteiger partial charge in [0.25, 0.3) is 0 Å². The maximum atomic E-state index is 12.6. The highest BCUT2D eigenvalue weighted by molar-refractivity contribution is 6.42. The van der Waals surface area contributed by atoms with Crippen LogP contribution in [0.1, 0.15) is 21.5 Å². The minimum atomic E-state index is -0.210. The molecular formula is C22H12Cl4O3. The SMILES string of the molecule is O=C1/C(=C/c2ccc(Cl)c(Cl)c2)Oc2cc(OCc3ccc(Cl)cc3Cl)ccc21. The lowest BCUT2D eigenvalue weighted by Crippen LogP contribution is -1.98. The van der Waals surface area contributed by atoms with Crippen LogP contribution in [0.3, 0.4) is 0 Å². The van der Waals surface area contributed by atoms with Gasteiger partial charge in [0.2, 0.25) is 5.78 Å². The van der Waals surface area contributed by atoms with Crippen molar-refractivity contribution >= 4 is 58.3 Å². The number of Topliss-reactive ketones (excluding diaryl/α,β-unsaturated/α-hetero) is 1. The molecule has 3 nitrogen and oxygen atoms in total. The first kappa shape index (κ1) is 20.1. The molecular weight excluding hydrogens is 454 g/mol. The van der Waals surface area contributed by atoms with Gasteiger partial charge in [0, 0.05) is 21.7 Å². The van der Waals surface area contributed by atoms with Crippen LogP contribution in [0.2, 0.25) is 20.1 Å². The van der Waals surface area contributed by atoms with Gasteiger partial charge in [0.1, 0.15) is 18.1 Å². The standard InChI is InChI=1S/C22H12Cl4O3/c23-14-3-2-13(18(25)9-14)11-28-15-4-5-16-20(10-15)29-21(22(16)27)8-12-1-6-17(24)19(26)7-12/h1-10H,11H2/b21-8-. The zero-order valence-electron chi connectivity index (χ0n) is 14.7. The first-order valence-electron chi connectivity index (χ1n) is 8.51. The number of benzene rings is 3. The van der Waals surface area contributed by atoms with Gasteiger partial charge in [-0.1, -0.05) is 58.5 Å². The molecule has 0 N–H and O–H groups in total. The summed E-state index contributed by atoms with van der Waals surface area (Å²) < 4.78 is 11.5. The molecule has 7 heteroatoms. The number of fused-ring (bicyclic) bond motifs is 1. The Morgan fingerprint density at radius 2 is 1.69 bits per heavy atom. The third kappa shape index (κ3) is 4.39. The van der Waals surface area contributed by atoms with Gasteiger partial charge >= 0.3 is 0 Å². The molecule has 0 saturated carbocycles. The van der Waals surface area contributed by atoms with Crippen LogP contribution in [0.25, 0.3) is 6.08 Å². The van der Waals surface area contributed by atoms with Crippen molar-refractivity contribution in [3.63, 3.8) is 0 Å². The van der Waals surface area contributed by atoms with Crippen LogP contribution in [-0.2, 0) is 6.61 Å². The van der Waals surface area contributed by atoms with Crippen LogP contribution < -0.4 is 9.47 Å². The van der Waals surface area contributed by atoms with E-state index in [-0.39, 0.29) is 18.1 Å². The van der Waals surface area contributed by atoms with E-state index in [1.54, 1.807) is 60.7 Å².